The predicted molar refractivity (Wildman–Crippen MR) is 158 cm³/mol. The first-order valence-corrected chi connectivity index (χ1v) is 14.0. The van der Waals surface area contributed by atoms with Gasteiger partial charge in [0.2, 0.25) is 11.8 Å². The Hall–Kier alpha value is -3.40. The summed E-state index contributed by atoms with van der Waals surface area (Å²) in [6, 6.07) is 10.6. The molecule has 0 bridgehead atoms. The van der Waals surface area contributed by atoms with Gasteiger partial charge in [0.1, 0.15) is 5.75 Å². The van der Waals surface area contributed by atoms with Gasteiger partial charge in [0, 0.05) is 46.4 Å². The van der Waals surface area contributed by atoms with E-state index in [0.717, 1.165) is 11.3 Å². The molecule has 2 aliphatic rings. The van der Waals surface area contributed by atoms with Gasteiger partial charge in [0.05, 0.1) is 18.8 Å². The summed E-state index contributed by atoms with van der Waals surface area (Å²) in [6.45, 7) is 6.84. The minimum atomic E-state index is -0.876. The van der Waals surface area contributed by atoms with Crippen LogP contribution < -0.4 is 26.4 Å². The highest BCUT2D eigenvalue weighted by atomic mass is 35.5. The van der Waals surface area contributed by atoms with E-state index in [4.69, 9.17) is 33.7 Å². The normalized spacial score (nSPS) is 23.2. The van der Waals surface area contributed by atoms with Crippen LogP contribution in [0.5, 0.6) is 5.75 Å². The Morgan fingerprint density at radius 3 is 2.63 bits per heavy atom. The third-order valence-corrected chi connectivity index (χ3v) is 8.50. The van der Waals surface area contributed by atoms with Gasteiger partial charge in [-0.15, -0.1) is 0 Å². The number of hydrogen-bond acceptors (Lipinski definition) is 6. The number of anilines is 2. The van der Waals surface area contributed by atoms with Gasteiger partial charge in [-0.3, -0.25) is 9.59 Å². The van der Waals surface area contributed by atoms with Gasteiger partial charge in [-0.1, -0.05) is 50.0 Å². The largest absolute Gasteiger partial charge is 0.495 e. The van der Waals surface area contributed by atoms with Crippen LogP contribution in [-0.2, 0) is 10.2 Å². The minimum Gasteiger partial charge on any atom is -0.495 e. The Bertz CT molecular complexity index is 1530. The van der Waals surface area contributed by atoms with Gasteiger partial charge in [0.15, 0.2) is 11.0 Å². The fourth-order valence-corrected chi connectivity index (χ4v) is 6.68. The van der Waals surface area contributed by atoms with Crippen molar-refractivity contribution >= 4 is 46.4 Å². The quantitative estimate of drug-likeness (QED) is 0.278. The number of carbonyl (C=O) groups excluding carboxylic acids is 2. The van der Waals surface area contributed by atoms with Gasteiger partial charge in [0.25, 0.3) is 0 Å². The molecule has 11 heteroatoms. The van der Waals surface area contributed by atoms with Crippen molar-refractivity contribution in [3.8, 4) is 5.75 Å². The Labute approximate surface area is 248 Å². The zero-order valence-corrected chi connectivity index (χ0v) is 24.7. The SMILES string of the molecule is COc1cc(C(N)=O)ccc1NC(=O)C1NC(CC(C)(C)C)C2(CNc3cc(Cl)ccc32)C1c1ccnc(Cl)c1F. The molecule has 5 rings (SSSR count). The van der Waals surface area contributed by atoms with Crippen molar-refractivity contribution in [2.45, 2.75) is 50.6 Å². The third kappa shape index (κ3) is 5.22. The van der Waals surface area contributed by atoms with E-state index >= 15 is 4.39 Å². The molecule has 4 atom stereocenters. The fraction of sp³-hybridized carbons (Fsp3) is 0.367. The second-order valence-corrected chi connectivity index (χ2v) is 12.6. The number of carbonyl (C=O) groups is 2. The number of fused-ring (bicyclic) bond motifs is 2. The number of amides is 2. The molecule has 1 aromatic heterocycles. The second-order valence-electron chi connectivity index (χ2n) is 11.8. The molecule has 0 aliphatic carbocycles. The predicted octanol–water partition coefficient (Wildman–Crippen LogP) is 5.50. The number of aromatic nitrogens is 1. The Morgan fingerprint density at radius 2 is 1.95 bits per heavy atom. The van der Waals surface area contributed by atoms with E-state index in [1.807, 2.05) is 18.2 Å². The average molecular weight is 601 g/mol. The third-order valence-electron chi connectivity index (χ3n) is 8.00. The highest BCUT2D eigenvalue weighted by Crippen LogP contribution is 2.56. The number of ether oxygens (including phenoxy) is 1. The summed E-state index contributed by atoms with van der Waals surface area (Å²) < 4.78 is 21.3. The summed E-state index contributed by atoms with van der Waals surface area (Å²) in [7, 11) is 1.43. The lowest BCUT2D eigenvalue weighted by Crippen LogP contribution is -2.46. The first kappa shape index (κ1) is 29.1. The molecule has 41 heavy (non-hydrogen) atoms. The van der Waals surface area contributed by atoms with Crippen LogP contribution >= 0.6 is 23.2 Å². The molecule has 5 N–H and O–H groups in total. The molecule has 1 saturated heterocycles. The monoisotopic (exact) mass is 599 g/mol. The smallest absolute Gasteiger partial charge is 0.248 e. The number of methoxy groups -OCH3 is 1. The zero-order chi connectivity index (χ0) is 29.7. The summed E-state index contributed by atoms with van der Waals surface area (Å²) in [5, 5.41) is 10.3. The number of hydrogen-bond donors (Lipinski definition) is 4. The molecular weight excluding hydrogens is 568 g/mol. The number of benzene rings is 2. The van der Waals surface area contributed by atoms with Crippen molar-refractivity contribution in [3.05, 3.63) is 81.3 Å². The van der Waals surface area contributed by atoms with Crippen molar-refractivity contribution in [2.75, 3.05) is 24.3 Å². The van der Waals surface area contributed by atoms with Crippen LogP contribution in [0.15, 0.2) is 48.7 Å². The van der Waals surface area contributed by atoms with E-state index in [0.29, 0.717) is 23.7 Å². The maximum atomic E-state index is 15.8. The Balaban J connectivity index is 1.66. The summed E-state index contributed by atoms with van der Waals surface area (Å²) >= 11 is 12.5. The van der Waals surface area contributed by atoms with Crippen molar-refractivity contribution in [1.29, 1.82) is 0 Å². The fourth-order valence-electron chi connectivity index (χ4n) is 6.34. The molecule has 3 aromatic rings. The molecule has 0 radical (unpaired) electrons. The molecule has 2 aromatic carbocycles. The van der Waals surface area contributed by atoms with Crippen LogP contribution in [0.1, 0.15) is 54.6 Å². The number of nitrogens with one attached hydrogen (secondary N) is 3. The molecule has 1 spiro atoms. The lowest BCUT2D eigenvalue weighted by Gasteiger charge is -2.39. The van der Waals surface area contributed by atoms with Crippen LogP contribution in [-0.4, -0.2) is 42.5 Å². The highest BCUT2D eigenvalue weighted by Gasteiger charge is 2.61. The van der Waals surface area contributed by atoms with Gasteiger partial charge >= 0.3 is 0 Å². The molecule has 3 heterocycles. The average Bonchev–Trinajstić information content (AvgIpc) is 3.43. The van der Waals surface area contributed by atoms with Gasteiger partial charge in [-0.2, -0.15) is 0 Å². The van der Waals surface area contributed by atoms with Crippen molar-refractivity contribution in [2.24, 2.45) is 11.1 Å². The number of nitrogens with zero attached hydrogens (tertiary/aromatic N) is 1. The van der Waals surface area contributed by atoms with Crippen LogP contribution in [0.25, 0.3) is 0 Å². The number of pyridine rings is 1. The summed E-state index contributed by atoms with van der Waals surface area (Å²) in [5.41, 5.74) is 7.22. The Morgan fingerprint density at radius 1 is 1.20 bits per heavy atom. The van der Waals surface area contributed by atoms with Crippen molar-refractivity contribution in [1.82, 2.24) is 10.3 Å². The standard InChI is InChI=1S/C30H32Cl2FN5O3/c1-29(2,3)13-22-30(14-36-20-12-16(31)6-7-18(20)30)23(17-9-10-35-26(32)24(17)33)25(38-22)28(40)37-19-8-5-15(27(34)39)11-21(19)41-4/h5-12,22-23,25,36,38H,13-14H2,1-4H3,(H2,34,39)(H,37,40). The summed E-state index contributed by atoms with van der Waals surface area (Å²) in [6.07, 6.45) is 2.14. The molecule has 1 fully saturated rings. The molecule has 2 aliphatic heterocycles. The van der Waals surface area contributed by atoms with Crippen LogP contribution in [0, 0.1) is 11.2 Å². The number of halogens is 3. The molecule has 2 amide bonds. The number of primary amides is 1. The number of nitrogens with two attached hydrogens (primary N) is 1. The summed E-state index contributed by atoms with van der Waals surface area (Å²) in [4.78, 5) is 29.8. The first-order chi connectivity index (χ1) is 19.4. The van der Waals surface area contributed by atoms with E-state index in [-0.39, 0.29) is 33.5 Å². The topological polar surface area (TPSA) is 118 Å². The van der Waals surface area contributed by atoms with E-state index in [1.54, 1.807) is 12.1 Å². The van der Waals surface area contributed by atoms with Crippen LogP contribution in [0.2, 0.25) is 10.2 Å². The maximum Gasteiger partial charge on any atom is 0.248 e. The van der Waals surface area contributed by atoms with E-state index in [2.05, 4.69) is 41.7 Å². The molecular formula is C30H32Cl2FN5O3. The van der Waals surface area contributed by atoms with Gasteiger partial charge < -0.3 is 26.4 Å². The van der Waals surface area contributed by atoms with Gasteiger partial charge in [-0.05, 0) is 59.4 Å². The maximum absolute atomic E-state index is 15.8. The molecule has 4 unspecified atom stereocenters. The highest BCUT2D eigenvalue weighted by molar-refractivity contribution is 6.31. The number of rotatable bonds is 6. The van der Waals surface area contributed by atoms with Crippen LogP contribution in [0.3, 0.4) is 0 Å². The lowest BCUT2D eigenvalue weighted by atomic mass is 9.63. The van der Waals surface area contributed by atoms with E-state index < -0.39 is 35.0 Å². The lowest BCUT2D eigenvalue weighted by molar-refractivity contribution is -0.118. The zero-order valence-electron chi connectivity index (χ0n) is 23.1. The molecule has 0 saturated carbocycles. The van der Waals surface area contributed by atoms with E-state index in [9.17, 15) is 9.59 Å². The van der Waals surface area contributed by atoms with Crippen LogP contribution in [0.4, 0.5) is 15.8 Å². The van der Waals surface area contributed by atoms with E-state index in [1.165, 1.54) is 25.4 Å². The summed E-state index contributed by atoms with van der Waals surface area (Å²) in [5.74, 6) is -2.10. The molecule has 8 nitrogen and oxygen atoms in total. The van der Waals surface area contributed by atoms with Crippen molar-refractivity contribution in [3.63, 3.8) is 0 Å². The van der Waals surface area contributed by atoms with Crippen molar-refractivity contribution < 1.29 is 18.7 Å². The minimum absolute atomic E-state index is 0.127. The first-order valence-electron chi connectivity index (χ1n) is 13.2. The Kier molecular flexibility index (Phi) is 7.65. The second kappa shape index (κ2) is 10.8. The molecule has 216 valence electrons. The van der Waals surface area contributed by atoms with Gasteiger partial charge in [-0.25, -0.2) is 9.37 Å².